The van der Waals surface area contributed by atoms with Gasteiger partial charge < -0.3 is 9.40 Å². The second-order valence-corrected chi connectivity index (χ2v) is 8.32. The smallest absolute Gasteiger partial charge is 0.396 e. The molecule has 3 rings (SSSR count). The molecule has 0 aliphatic rings. The Morgan fingerprint density at radius 1 is 1.20 bits per heavy atom. The van der Waals surface area contributed by atoms with Crippen molar-refractivity contribution in [3.63, 3.8) is 0 Å². The number of hydrogen-bond donors (Lipinski definition) is 0. The van der Waals surface area contributed by atoms with Gasteiger partial charge in [-0.1, -0.05) is 12.1 Å². The first-order chi connectivity index (χ1) is 14.1. The van der Waals surface area contributed by atoms with Crippen LogP contribution in [0.5, 0.6) is 0 Å². The summed E-state index contributed by atoms with van der Waals surface area (Å²) >= 11 is 0. The van der Waals surface area contributed by atoms with E-state index in [1.807, 2.05) is 0 Å². The molecule has 0 atom stereocenters. The average molecular weight is 442 g/mol. The predicted octanol–water partition coefficient (Wildman–Crippen LogP) is 2.61. The van der Waals surface area contributed by atoms with Gasteiger partial charge in [-0.25, -0.2) is 18.4 Å². The van der Waals surface area contributed by atoms with Crippen molar-refractivity contribution in [1.29, 1.82) is 0 Å². The molecule has 30 heavy (non-hydrogen) atoms. The minimum absolute atomic E-state index is 0.0253. The molecule has 3 heterocycles. The fourth-order valence-corrected chi connectivity index (χ4v) is 3.62. The number of aromatic nitrogens is 5. The zero-order valence-electron chi connectivity index (χ0n) is 16.2. The molecule has 0 amide bonds. The maximum absolute atomic E-state index is 13.0. The van der Waals surface area contributed by atoms with Gasteiger partial charge in [0.2, 0.25) is 0 Å². The van der Waals surface area contributed by atoms with Crippen molar-refractivity contribution in [2.75, 3.05) is 12.4 Å². The lowest BCUT2D eigenvalue weighted by Crippen LogP contribution is -2.10. The molecule has 0 spiro atoms. The third-order valence-corrected chi connectivity index (χ3v) is 5.86. The molecule has 0 radical (unpaired) electrons. The van der Waals surface area contributed by atoms with E-state index in [0.29, 0.717) is 6.61 Å². The number of alkyl halides is 3. The van der Waals surface area contributed by atoms with Crippen LogP contribution in [0, 0.1) is 0 Å². The lowest BCUT2D eigenvalue weighted by atomic mass is 10.3. The molecule has 3 aromatic heterocycles. The molecular weight excluding hydrogens is 425 g/mol. The Hall–Kier alpha value is -3.09. The van der Waals surface area contributed by atoms with Crippen molar-refractivity contribution >= 4 is 27.2 Å². The van der Waals surface area contributed by atoms with Crippen LogP contribution in [0.2, 0.25) is 0 Å². The van der Waals surface area contributed by atoms with Gasteiger partial charge in [0.25, 0.3) is 0 Å². The van der Waals surface area contributed by atoms with Crippen molar-refractivity contribution < 1.29 is 26.4 Å². The van der Waals surface area contributed by atoms with Crippen molar-refractivity contribution in [3.05, 3.63) is 29.6 Å². The third-order valence-electron chi connectivity index (χ3n) is 4.10. The second-order valence-electron chi connectivity index (χ2n) is 6.07. The van der Waals surface area contributed by atoms with Crippen LogP contribution in [0.25, 0.3) is 22.7 Å². The number of pyridine rings is 1. The topological polar surface area (TPSA) is 112 Å². The first kappa shape index (κ1) is 21.6. The monoisotopic (exact) mass is 442 g/mol. The van der Waals surface area contributed by atoms with E-state index < -0.39 is 21.7 Å². The van der Waals surface area contributed by atoms with Gasteiger partial charge in [-0.15, -0.1) is 10.2 Å². The summed E-state index contributed by atoms with van der Waals surface area (Å²) < 4.78 is 65.3. The summed E-state index contributed by atoms with van der Waals surface area (Å²) in [5.41, 5.74) is -1.00. The van der Waals surface area contributed by atoms with Crippen LogP contribution in [-0.4, -0.2) is 51.7 Å². The van der Waals surface area contributed by atoms with Gasteiger partial charge in [-0.05, 0) is 19.1 Å². The highest BCUT2D eigenvalue weighted by Crippen LogP contribution is 2.31. The number of aryl methyl sites for hydroxylation is 1. The summed E-state index contributed by atoms with van der Waals surface area (Å²) in [5.74, 6) is -0.173. The number of nitrogens with zero attached hydrogens (tertiary/aromatic N) is 6. The Labute approximate surface area is 169 Å². The molecule has 0 aliphatic heterocycles. The van der Waals surface area contributed by atoms with Crippen LogP contribution in [0.4, 0.5) is 13.2 Å². The normalized spacial score (nSPS) is 12.7. The highest BCUT2D eigenvalue weighted by Gasteiger charge is 2.34. The van der Waals surface area contributed by atoms with Gasteiger partial charge in [0, 0.05) is 13.1 Å². The van der Waals surface area contributed by atoms with Gasteiger partial charge in [0.05, 0.1) is 22.6 Å². The number of imidazole rings is 1. The summed E-state index contributed by atoms with van der Waals surface area (Å²) in [6, 6.07) is 3.54. The summed E-state index contributed by atoms with van der Waals surface area (Å²) in [7, 11) is -2.23. The maximum atomic E-state index is 13.0. The van der Waals surface area contributed by atoms with E-state index in [9.17, 15) is 21.6 Å². The molecule has 9 nitrogen and oxygen atoms in total. The predicted molar refractivity (Wildman–Crippen MR) is 101 cm³/mol. The molecular formula is C17H17F3N6O3S. The minimum atomic E-state index is -4.69. The molecule has 0 saturated carbocycles. The fraction of sp³-hybridized carbons (Fsp3) is 0.353. The van der Waals surface area contributed by atoms with Crippen LogP contribution >= 0.6 is 0 Å². The molecule has 0 N–H and O–H groups in total. The average Bonchev–Trinajstić information content (AvgIpc) is 3.03. The lowest BCUT2D eigenvalue weighted by Gasteiger charge is -2.09. The fourth-order valence-electron chi connectivity index (χ4n) is 2.60. The van der Waals surface area contributed by atoms with E-state index in [-0.39, 0.29) is 39.0 Å². The highest BCUT2D eigenvalue weighted by molar-refractivity contribution is 7.91. The van der Waals surface area contributed by atoms with Gasteiger partial charge in [-0.3, -0.25) is 0 Å². The molecule has 0 bridgehead atoms. The lowest BCUT2D eigenvalue weighted by molar-refractivity contribution is -0.141. The van der Waals surface area contributed by atoms with E-state index >= 15 is 0 Å². The summed E-state index contributed by atoms with van der Waals surface area (Å²) in [6.07, 6.45) is -3.40. The van der Waals surface area contributed by atoms with Crippen molar-refractivity contribution in [2.45, 2.75) is 24.9 Å². The van der Waals surface area contributed by atoms with E-state index in [4.69, 9.17) is 4.84 Å². The maximum Gasteiger partial charge on any atom is 0.435 e. The van der Waals surface area contributed by atoms with Crippen LogP contribution in [0.3, 0.4) is 0 Å². The summed E-state index contributed by atoms with van der Waals surface area (Å²) in [6.45, 7) is 3.54. The molecule has 0 saturated heterocycles. The van der Waals surface area contributed by atoms with E-state index in [0.717, 1.165) is 6.07 Å². The number of oxime groups is 1. The minimum Gasteiger partial charge on any atom is -0.396 e. The van der Waals surface area contributed by atoms with Gasteiger partial charge in [0.1, 0.15) is 17.8 Å². The molecule has 0 fully saturated rings. The Bertz CT molecular complexity index is 1220. The molecule has 0 unspecified atom stereocenters. The first-order valence-electron chi connectivity index (χ1n) is 8.75. The summed E-state index contributed by atoms with van der Waals surface area (Å²) in [5, 5.41) is 10.5. The quantitative estimate of drug-likeness (QED) is 0.426. The molecule has 160 valence electrons. The Morgan fingerprint density at radius 3 is 2.57 bits per heavy atom. The Balaban J connectivity index is 2.25. The number of halogens is 3. The number of sulfone groups is 1. The van der Waals surface area contributed by atoms with Crippen LogP contribution in [0.15, 0.2) is 28.3 Å². The Kier molecular flexibility index (Phi) is 5.74. The molecule has 3 aromatic rings. The van der Waals surface area contributed by atoms with Gasteiger partial charge in [0.15, 0.2) is 27.0 Å². The standard InChI is InChI=1S/C17H17F3N6O3S/c1-4-29-21-9-10-6-7-12(30(27,28)5-2)14(22-10)16-23-11-8-13(17(18,19)20)24-25-15(11)26(16)3/h6-9H,4-5H2,1-3H3. The van der Waals surface area contributed by atoms with Crippen LogP contribution in [-0.2, 0) is 27.9 Å². The largest absolute Gasteiger partial charge is 0.435 e. The van der Waals surface area contributed by atoms with Gasteiger partial charge >= 0.3 is 6.18 Å². The SMILES string of the molecule is CCON=Cc1ccc(S(=O)(=O)CC)c(-c2nc3cc(C(F)(F)F)nnc3n2C)n1. The number of hydrogen-bond acceptors (Lipinski definition) is 8. The third kappa shape index (κ3) is 4.10. The zero-order valence-corrected chi connectivity index (χ0v) is 17.0. The first-order valence-corrected chi connectivity index (χ1v) is 10.4. The van der Waals surface area contributed by atoms with E-state index in [2.05, 4.69) is 25.3 Å². The zero-order chi connectivity index (χ0) is 22.1. The van der Waals surface area contributed by atoms with Crippen LogP contribution < -0.4 is 0 Å². The van der Waals surface area contributed by atoms with Crippen LogP contribution in [0.1, 0.15) is 25.2 Å². The van der Waals surface area contributed by atoms with E-state index in [1.54, 1.807) is 6.92 Å². The second kappa shape index (κ2) is 7.97. The molecule has 0 aromatic carbocycles. The van der Waals surface area contributed by atoms with Crippen molar-refractivity contribution in [1.82, 2.24) is 24.7 Å². The molecule has 13 heteroatoms. The Morgan fingerprint density at radius 2 is 1.93 bits per heavy atom. The van der Waals surface area contributed by atoms with Crippen molar-refractivity contribution in [2.24, 2.45) is 12.2 Å². The van der Waals surface area contributed by atoms with Gasteiger partial charge in [-0.2, -0.15) is 13.2 Å². The number of fused-ring (bicyclic) bond motifs is 1. The highest BCUT2D eigenvalue weighted by atomic mass is 32.2. The summed E-state index contributed by atoms with van der Waals surface area (Å²) in [4.78, 5) is 13.2. The van der Waals surface area contributed by atoms with Crippen molar-refractivity contribution in [3.8, 4) is 11.5 Å². The number of rotatable bonds is 6. The van der Waals surface area contributed by atoms with E-state index in [1.165, 1.54) is 36.9 Å². The molecule has 0 aliphatic carbocycles.